The van der Waals surface area contributed by atoms with Crippen molar-refractivity contribution in [2.75, 3.05) is 0 Å². The molecule has 9 heavy (non-hydrogen) atoms. The molecule has 0 radical (unpaired) electrons. The van der Waals surface area contributed by atoms with Crippen LogP contribution >= 0.6 is 0 Å². The summed E-state index contributed by atoms with van der Waals surface area (Å²) < 4.78 is 0. The molecule has 0 aromatic heterocycles. The second kappa shape index (κ2) is 3840. The van der Waals surface area contributed by atoms with Gasteiger partial charge in [0.2, 0.25) is 0 Å². The van der Waals surface area contributed by atoms with Crippen molar-refractivity contribution in [2.45, 2.75) is 0 Å². The maximum absolute atomic E-state index is 6.50. The van der Waals surface area contributed by atoms with Crippen LogP contribution in [0.25, 0.3) is 0 Å². The molecule has 0 aliphatic carbocycles. The summed E-state index contributed by atoms with van der Waals surface area (Å²) in [5, 5.41) is 26.0. The summed E-state index contributed by atoms with van der Waals surface area (Å²) in [5.74, 6) is 14.0. The minimum atomic E-state index is 0. The van der Waals surface area contributed by atoms with Crippen LogP contribution in [0, 0.1) is 0 Å². The topological polar surface area (TPSA) is 185 Å². The maximum atomic E-state index is 6.50. The molecule has 12 N–H and O–H groups in total. The van der Waals surface area contributed by atoms with E-state index >= 15 is 0 Å². The number of hydrogen-bond donors (Lipinski definition) is 8. The second-order valence-electron chi connectivity index (χ2n) is 0. The van der Waals surface area contributed by atoms with E-state index in [-0.39, 0.29) is 20.4 Å². The fourth-order valence-corrected chi connectivity index (χ4v) is 0. The van der Waals surface area contributed by atoms with E-state index < -0.39 is 0 Å². The smallest absolute Gasteiger partial charge is 0 e. The molecule has 0 aromatic carbocycles. The average Bonchev–Trinajstić information content (AvgIpc) is 2.03. The molecule has 0 unspecified atom stereocenters. The molecule has 66 valence electrons. The third-order valence-corrected chi connectivity index (χ3v) is 0. The van der Waals surface area contributed by atoms with Gasteiger partial charge in [-0.2, -0.15) is 0 Å². The minimum Gasteiger partial charge on any atom is -0.320 e. The molecule has 0 aromatic rings. The molecule has 0 atom stereocenters. The van der Waals surface area contributed by atoms with Crippen LogP contribution < -0.4 is 23.6 Å². The molecular weight excluding hydrogens is 226 g/mol. The second-order valence-corrected chi connectivity index (χ2v) is 0. The average molecular weight is 239 g/mol. The SMILES string of the molecule is NO.NO.NO.NO.[Pd]. The first-order chi connectivity index (χ1) is 4.00. The predicted molar refractivity (Wildman–Crippen MR) is 23.9 cm³/mol. The summed E-state index contributed by atoms with van der Waals surface area (Å²) in [6.07, 6.45) is 0. The molecule has 0 fully saturated rings. The van der Waals surface area contributed by atoms with Gasteiger partial charge in [0.1, 0.15) is 0 Å². The van der Waals surface area contributed by atoms with Gasteiger partial charge in [0.05, 0.1) is 0 Å². The molecule has 0 heterocycles. The van der Waals surface area contributed by atoms with Crippen molar-refractivity contribution in [3.63, 3.8) is 0 Å². The molecule has 0 aliphatic rings. The first-order valence-electron chi connectivity index (χ1n) is 1.03. The molecular formula is H12N4O4Pd. The van der Waals surface area contributed by atoms with Crippen LogP contribution in [0.2, 0.25) is 0 Å². The van der Waals surface area contributed by atoms with E-state index in [0.29, 0.717) is 0 Å². The van der Waals surface area contributed by atoms with E-state index in [0.717, 1.165) is 0 Å². The number of rotatable bonds is 0. The van der Waals surface area contributed by atoms with E-state index in [1.54, 1.807) is 0 Å². The van der Waals surface area contributed by atoms with Gasteiger partial charge in [0, 0.05) is 20.4 Å². The Kier molecular flexibility index (Phi) is 14700. The van der Waals surface area contributed by atoms with Gasteiger partial charge in [-0.15, -0.1) is 0 Å². The van der Waals surface area contributed by atoms with Crippen LogP contribution in [0.4, 0.5) is 0 Å². The standard InChI is InChI=1S/4H3NO.Pd/c4*1-2;/h4*2H,1H2;. The molecule has 0 saturated carbocycles. The fraction of sp³-hybridized carbons (Fsp3) is 0. The zero-order chi connectivity index (χ0) is 8.00. The van der Waals surface area contributed by atoms with Crippen LogP contribution in [-0.2, 0) is 20.4 Å². The summed E-state index contributed by atoms with van der Waals surface area (Å²) >= 11 is 0. The van der Waals surface area contributed by atoms with Crippen molar-refractivity contribution >= 4 is 0 Å². The Morgan fingerprint density at radius 2 is 0.444 bits per heavy atom. The van der Waals surface area contributed by atoms with Crippen molar-refractivity contribution in [3.8, 4) is 0 Å². The molecule has 8 nitrogen and oxygen atoms in total. The Morgan fingerprint density at radius 1 is 0.444 bits per heavy atom. The van der Waals surface area contributed by atoms with Gasteiger partial charge in [0.25, 0.3) is 0 Å². The van der Waals surface area contributed by atoms with Gasteiger partial charge in [-0.3, -0.25) is 0 Å². The van der Waals surface area contributed by atoms with E-state index in [2.05, 4.69) is 23.6 Å². The summed E-state index contributed by atoms with van der Waals surface area (Å²) in [5.41, 5.74) is 0. The number of nitrogens with two attached hydrogens (primary N) is 4. The molecule has 0 spiro atoms. The van der Waals surface area contributed by atoms with E-state index in [4.69, 9.17) is 20.8 Å². The first-order valence-corrected chi connectivity index (χ1v) is 1.03. The zero-order valence-electron chi connectivity index (χ0n) is 4.41. The van der Waals surface area contributed by atoms with Crippen molar-refractivity contribution < 1.29 is 41.3 Å². The molecule has 0 aliphatic heterocycles. The van der Waals surface area contributed by atoms with Gasteiger partial charge in [-0.05, 0) is 0 Å². The largest absolute Gasteiger partial charge is 0.320 e. The van der Waals surface area contributed by atoms with Crippen LogP contribution in [0.3, 0.4) is 0 Å². The first kappa shape index (κ1) is 34.5. The molecule has 0 saturated heterocycles. The monoisotopic (exact) mass is 238 g/mol. The summed E-state index contributed by atoms with van der Waals surface area (Å²) in [4.78, 5) is 0. The number of hydrogen-bond acceptors (Lipinski definition) is 8. The predicted octanol–water partition coefficient (Wildman–Crippen LogP) is -2.67. The molecule has 0 bridgehead atoms. The Bertz CT molecular complexity index is 12.5. The normalized spacial score (nSPS) is 2.67. The van der Waals surface area contributed by atoms with Gasteiger partial charge >= 0.3 is 0 Å². The van der Waals surface area contributed by atoms with Crippen LogP contribution in [0.15, 0.2) is 0 Å². The maximum Gasteiger partial charge on any atom is 0 e. The van der Waals surface area contributed by atoms with Crippen LogP contribution in [0.5, 0.6) is 0 Å². The van der Waals surface area contributed by atoms with Crippen LogP contribution in [0.1, 0.15) is 0 Å². The Hall–Kier alpha value is 0.342. The third-order valence-electron chi connectivity index (χ3n) is 0. The minimum absolute atomic E-state index is 0. The molecule has 0 amide bonds. The fourth-order valence-electron chi connectivity index (χ4n) is 0. The Morgan fingerprint density at radius 3 is 0.444 bits per heavy atom. The van der Waals surface area contributed by atoms with Gasteiger partial charge < -0.3 is 20.8 Å². The Labute approximate surface area is 65.5 Å². The van der Waals surface area contributed by atoms with Gasteiger partial charge in [-0.1, -0.05) is 0 Å². The third kappa shape index (κ3) is 2860. The van der Waals surface area contributed by atoms with Gasteiger partial charge in [-0.25, -0.2) is 23.6 Å². The molecule has 0 rings (SSSR count). The summed E-state index contributed by atoms with van der Waals surface area (Å²) in [7, 11) is 0. The Balaban J connectivity index is -0.00000000762. The van der Waals surface area contributed by atoms with E-state index in [1.165, 1.54) is 0 Å². The summed E-state index contributed by atoms with van der Waals surface area (Å²) in [6.45, 7) is 0. The van der Waals surface area contributed by atoms with Crippen molar-refractivity contribution in [3.05, 3.63) is 0 Å². The van der Waals surface area contributed by atoms with E-state index in [1.807, 2.05) is 0 Å². The zero-order valence-corrected chi connectivity index (χ0v) is 5.97. The molecule has 9 heteroatoms. The van der Waals surface area contributed by atoms with Crippen molar-refractivity contribution in [1.82, 2.24) is 0 Å². The summed E-state index contributed by atoms with van der Waals surface area (Å²) in [6, 6.07) is 0. The van der Waals surface area contributed by atoms with Crippen molar-refractivity contribution in [1.29, 1.82) is 0 Å². The van der Waals surface area contributed by atoms with Gasteiger partial charge in [0.15, 0.2) is 0 Å². The van der Waals surface area contributed by atoms with E-state index in [9.17, 15) is 0 Å². The van der Waals surface area contributed by atoms with Crippen molar-refractivity contribution in [2.24, 2.45) is 23.6 Å². The van der Waals surface area contributed by atoms with Crippen LogP contribution in [-0.4, -0.2) is 20.8 Å². The quantitative estimate of drug-likeness (QED) is 0.166.